The van der Waals surface area contributed by atoms with Crippen molar-refractivity contribution in [1.82, 2.24) is 10.2 Å². The van der Waals surface area contributed by atoms with Gasteiger partial charge >= 0.3 is 0 Å². The van der Waals surface area contributed by atoms with Crippen LogP contribution >= 0.6 is 0 Å². The molecule has 2 aliphatic rings. The first-order valence-electron chi connectivity index (χ1n) is 5.37. The monoisotopic (exact) mass is 215 g/mol. The van der Waals surface area contributed by atoms with Crippen LogP contribution in [0.3, 0.4) is 0 Å². The Kier molecular flexibility index (Phi) is 1.88. The van der Waals surface area contributed by atoms with Crippen LogP contribution in [0.5, 0.6) is 0 Å². The fourth-order valence-corrected chi connectivity index (χ4v) is 2.13. The first-order chi connectivity index (χ1) is 7.73. The quantitative estimate of drug-likeness (QED) is 0.729. The molecule has 0 aliphatic carbocycles. The molecule has 4 heteroatoms. The van der Waals surface area contributed by atoms with Gasteiger partial charge in [0.05, 0.1) is 0 Å². The summed E-state index contributed by atoms with van der Waals surface area (Å²) in [7, 11) is 1.82. The number of nitrogens with zero attached hydrogens (tertiary/aromatic N) is 2. The predicted molar refractivity (Wildman–Crippen MR) is 61.3 cm³/mol. The fourth-order valence-electron chi connectivity index (χ4n) is 2.13. The maximum Gasteiger partial charge on any atom is 0.274 e. The Morgan fingerprint density at radius 3 is 2.50 bits per heavy atom. The highest BCUT2D eigenvalue weighted by Crippen LogP contribution is 2.28. The number of hydrogen-bond donors (Lipinski definition) is 1. The third-order valence-corrected chi connectivity index (χ3v) is 3.31. The minimum Gasteiger partial charge on any atom is -0.313 e. The number of aliphatic imine (C=N–C) groups is 1. The molecule has 82 valence electrons. The third-order valence-electron chi connectivity index (χ3n) is 3.31. The van der Waals surface area contributed by atoms with Gasteiger partial charge in [-0.2, -0.15) is 0 Å². The van der Waals surface area contributed by atoms with Crippen molar-refractivity contribution in [2.75, 3.05) is 20.1 Å². The van der Waals surface area contributed by atoms with Crippen LogP contribution in [-0.4, -0.2) is 42.3 Å². The fraction of sp³-hybridized carbons (Fsp3) is 0.333. The number of benzene rings is 1. The molecule has 1 fully saturated rings. The Hall–Kier alpha value is -1.68. The van der Waals surface area contributed by atoms with Crippen LogP contribution in [-0.2, 0) is 4.79 Å². The standard InChI is InChI=1S/C12H13N3O/c1-15-11(16)10(9-5-3-2-4-6-9)14-12(15)7-13-8-12/h2-6,13H,7-8H2,1H3. The van der Waals surface area contributed by atoms with Gasteiger partial charge in [0, 0.05) is 25.7 Å². The Labute approximate surface area is 94.0 Å². The number of amides is 1. The molecule has 4 nitrogen and oxygen atoms in total. The van der Waals surface area contributed by atoms with Crippen molar-refractivity contribution < 1.29 is 4.79 Å². The lowest BCUT2D eigenvalue weighted by molar-refractivity contribution is -0.127. The molecule has 1 spiro atoms. The molecule has 1 N–H and O–H groups in total. The van der Waals surface area contributed by atoms with Crippen LogP contribution < -0.4 is 5.32 Å². The molecule has 16 heavy (non-hydrogen) atoms. The Morgan fingerprint density at radius 1 is 1.31 bits per heavy atom. The highest BCUT2D eigenvalue weighted by atomic mass is 16.2. The first-order valence-corrected chi connectivity index (χ1v) is 5.37. The van der Waals surface area contributed by atoms with Crippen LogP contribution in [0.15, 0.2) is 35.3 Å². The second-order valence-electron chi connectivity index (χ2n) is 4.28. The van der Waals surface area contributed by atoms with Crippen molar-refractivity contribution in [3.05, 3.63) is 35.9 Å². The van der Waals surface area contributed by atoms with Gasteiger partial charge in [0.25, 0.3) is 5.91 Å². The topological polar surface area (TPSA) is 44.7 Å². The average Bonchev–Trinajstić information content (AvgIpc) is 2.54. The van der Waals surface area contributed by atoms with Gasteiger partial charge in [0.15, 0.2) is 5.66 Å². The third kappa shape index (κ3) is 1.13. The molecule has 1 amide bonds. The van der Waals surface area contributed by atoms with E-state index in [1.54, 1.807) is 4.90 Å². The van der Waals surface area contributed by atoms with Gasteiger partial charge in [-0.25, -0.2) is 4.99 Å². The van der Waals surface area contributed by atoms with Crippen LogP contribution in [0.25, 0.3) is 0 Å². The molecule has 1 aromatic rings. The van der Waals surface area contributed by atoms with E-state index in [1.165, 1.54) is 0 Å². The van der Waals surface area contributed by atoms with Gasteiger partial charge in [-0.1, -0.05) is 30.3 Å². The molecule has 0 unspecified atom stereocenters. The first kappa shape index (κ1) is 9.54. The predicted octanol–water partition coefficient (Wildman–Crippen LogP) is 0.247. The molecule has 0 bridgehead atoms. The maximum absolute atomic E-state index is 12.1. The molecule has 0 aromatic heterocycles. The summed E-state index contributed by atoms with van der Waals surface area (Å²) >= 11 is 0. The number of hydrogen-bond acceptors (Lipinski definition) is 3. The molecule has 0 atom stereocenters. The normalized spacial score (nSPS) is 22.2. The molecule has 2 aliphatic heterocycles. The Bertz CT molecular complexity index is 462. The molecule has 1 aromatic carbocycles. The largest absolute Gasteiger partial charge is 0.313 e. The summed E-state index contributed by atoms with van der Waals surface area (Å²) in [5.41, 5.74) is 1.18. The molecule has 1 saturated heterocycles. The van der Waals surface area contributed by atoms with Crippen LogP contribution in [0.4, 0.5) is 0 Å². The van der Waals surface area contributed by atoms with Crippen molar-refractivity contribution in [2.24, 2.45) is 4.99 Å². The van der Waals surface area contributed by atoms with E-state index >= 15 is 0 Å². The molecule has 2 heterocycles. The summed E-state index contributed by atoms with van der Waals surface area (Å²) in [6.07, 6.45) is 0. The Morgan fingerprint density at radius 2 is 2.00 bits per heavy atom. The summed E-state index contributed by atoms with van der Waals surface area (Å²) in [6, 6.07) is 9.64. The van der Waals surface area contributed by atoms with Gasteiger partial charge < -0.3 is 10.2 Å². The van der Waals surface area contributed by atoms with Gasteiger partial charge in [-0.3, -0.25) is 4.79 Å². The number of carbonyl (C=O) groups excluding carboxylic acids is 1. The van der Waals surface area contributed by atoms with E-state index in [0.717, 1.165) is 18.7 Å². The SMILES string of the molecule is CN1C(=O)C(c2ccccc2)=NC12CNC2. The summed E-state index contributed by atoms with van der Waals surface area (Å²) < 4.78 is 0. The molecular weight excluding hydrogens is 202 g/mol. The highest BCUT2D eigenvalue weighted by molar-refractivity contribution is 6.46. The summed E-state index contributed by atoms with van der Waals surface area (Å²) in [4.78, 5) is 18.4. The number of likely N-dealkylation sites (N-methyl/N-ethyl adjacent to an activating group) is 1. The maximum atomic E-state index is 12.1. The molecule has 0 radical (unpaired) electrons. The Balaban J connectivity index is 2.03. The van der Waals surface area contributed by atoms with E-state index in [2.05, 4.69) is 10.3 Å². The van der Waals surface area contributed by atoms with E-state index in [9.17, 15) is 4.79 Å². The second-order valence-corrected chi connectivity index (χ2v) is 4.28. The lowest BCUT2D eigenvalue weighted by Gasteiger charge is -2.41. The molecule has 0 saturated carbocycles. The van der Waals surface area contributed by atoms with Crippen molar-refractivity contribution in [1.29, 1.82) is 0 Å². The van der Waals surface area contributed by atoms with Crippen molar-refractivity contribution in [3.63, 3.8) is 0 Å². The van der Waals surface area contributed by atoms with E-state index < -0.39 is 0 Å². The molecular formula is C12H13N3O. The minimum atomic E-state index is -0.317. The van der Waals surface area contributed by atoms with Crippen molar-refractivity contribution in [3.8, 4) is 0 Å². The van der Waals surface area contributed by atoms with Gasteiger partial charge in [-0.15, -0.1) is 0 Å². The summed E-state index contributed by atoms with van der Waals surface area (Å²) in [5, 5.41) is 3.17. The second kappa shape index (κ2) is 3.15. The zero-order valence-electron chi connectivity index (χ0n) is 9.10. The van der Waals surface area contributed by atoms with Gasteiger partial charge in [0.2, 0.25) is 0 Å². The minimum absolute atomic E-state index is 0.0210. The van der Waals surface area contributed by atoms with Crippen molar-refractivity contribution in [2.45, 2.75) is 5.66 Å². The van der Waals surface area contributed by atoms with E-state index in [-0.39, 0.29) is 11.6 Å². The van der Waals surface area contributed by atoms with Gasteiger partial charge in [-0.05, 0) is 0 Å². The van der Waals surface area contributed by atoms with E-state index in [4.69, 9.17) is 0 Å². The zero-order chi connectivity index (χ0) is 11.2. The van der Waals surface area contributed by atoms with Crippen molar-refractivity contribution >= 4 is 11.6 Å². The van der Waals surface area contributed by atoms with E-state index in [1.807, 2.05) is 37.4 Å². The summed E-state index contributed by atoms with van der Waals surface area (Å²) in [5.74, 6) is 0.0210. The van der Waals surface area contributed by atoms with Crippen LogP contribution in [0.1, 0.15) is 5.56 Å². The van der Waals surface area contributed by atoms with Crippen LogP contribution in [0, 0.1) is 0 Å². The van der Waals surface area contributed by atoms with E-state index in [0.29, 0.717) is 5.71 Å². The average molecular weight is 215 g/mol. The lowest BCUT2D eigenvalue weighted by Crippen LogP contribution is -2.65. The number of rotatable bonds is 1. The number of carbonyl (C=O) groups is 1. The summed E-state index contributed by atoms with van der Waals surface area (Å²) in [6.45, 7) is 1.51. The highest BCUT2D eigenvalue weighted by Gasteiger charge is 2.49. The van der Waals surface area contributed by atoms with Gasteiger partial charge in [0.1, 0.15) is 5.71 Å². The lowest BCUT2D eigenvalue weighted by atomic mass is 10.0. The van der Waals surface area contributed by atoms with Crippen LogP contribution in [0.2, 0.25) is 0 Å². The number of nitrogens with one attached hydrogen (secondary N) is 1. The zero-order valence-corrected chi connectivity index (χ0v) is 9.10. The smallest absolute Gasteiger partial charge is 0.274 e. The molecule has 3 rings (SSSR count).